The number of nitrogen functional groups attached to an aromatic ring is 1. The van der Waals surface area contributed by atoms with Gasteiger partial charge >= 0.3 is 5.97 Å². The van der Waals surface area contributed by atoms with Gasteiger partial charge in [0.25, 0.3) is 0 Å². The molecule has 0 saturated carbocycles. The first-order valence-electron chi connectivity index (χ1n) is 19.5. The van der Waals surface area contributed by atoms with Crippen LogP contribution in [0, 0.1) is 0 Å². The van der Waals surface area contributed by atoms with E-state index in [1.807, 2.05) is 93.6 Å². The molecule has 2 saturated heterocycles. The molecule has 2 fully saturated rings. The summed E-state index contributed by atoms with van der Waals surface area (Å²) in [4.78, 5) is 40.4. The molecule has 0 bridgehead atoms. The van der Waals surface area contributed by atoms with Gasteiger partial charge in [-0.05, 0) is 86.5 Å². The van der Waals surface area contributed by atoms with Gasteiger partial charge in [0.1, 0.15) is 11.6 Å². The SMILES string of the molecule is CC(C)(C)OC(=O)[C@@H]1CCCN1C[C@H]1C[C@@H](c2ccc(CO)cc2)O[C@@H](c2ccc(-c3ccccc3CNC(=O)CCCC(=O)Nc3ccccc3N)cc2)O1. The number of amides is 2. The lowest BCUT2D eigenvalue weighted by Gasteiger charge is -2.38. The van der Waals surface area contributed by atoms with E-state index in [0.29, 0.717) is 37.3 Å². The topological polar surface area (TPSA) is 152 Å². The predicted molar refractivity (Wildman–Crippen MR) is 216 cm³/mol. The molecule has 296 valence electrons. The summed E-state index contributed by atoms with van der Waals surface area (Å²) in [7, 11) is 0. The number of nitrogens with one attached hydrogen (secondary N) is 2. The fourth-order valence-corrected chi connectivity index (χ4v) is 7.27. The van der Waals surface area contributed by atoms with Crippen molar-refractivity contribution < 1.29 is 33.7 Å². The van der Waals surface area contributed by atoms with Gasteiger partial charge < -0.3 is 35.7 Å². The summed E-state index contributed by atoms with van der Waals surface area (Å²) in [5, 5.41) is 15.4. The molecule has 2 aliphatic heterocycles. The normalized spacial score (nSPS) is 20.0. The summed E-state index contributed by atoms with van der Waals surface area (Å²) in [5.74, 6) is -0.509. The number of esters is 1. The second-order valence-corrected chi connectivity index (χ2v) is 15.6. The van der Waals surface area contributed by atoms with Crippen molar-refractivity contribution in [2.45, 2.75) is 103 Å². The quantitative estimate of drug-likeness (QED) is 0.0772. The third-order valence-corrected chi connectivity index (χ3v) is 10.1. The van der Waals surface area contributed by atoms with Crippen LogP contribution in [-0.4, -0.2) is 58.6 Å². The van der Waals surface area contributed by atoms with Crippen LogP contribution in [0.2, 0.25) is 0 Å². The van der Waals surface area contributed by atoms with Crippen molar-refractivity contribution in [2.75, 3.05) is 24.1 Å². The number of carbonyl (C=O) groups is 3. The van der Waals surface area contributed by atoms with Gasteiger partial charge in [-0.25, -0.2) is 0 Å². The second-order valence-electron chi connectivity index (χ2n) is 15.6. The molecule has 5 N–H and O–H groups in total. The molecule has 4 atom stereocenters. The monoisotopic (exact) mass is 762 g/mol. The van der Waals surface area contributed by atoms with Crippen LogP contribution in [0.3, 0.4) is 0 Å². The number of benzene rings is 4. The van der Waals surface area contributed by atoms with E-state index in [2.05, 4.69) is 15.5 Å². The van der Waals surface area contributed by atoms with E-state index >= 15 is 0 Å². The van der Waals surface area contributed by atoms with E-state index in [-0.39, 0.29) is 55.5 Å². The highest BCUT2D eigenvalue weighted by atomic mass is 16.7. The Morgan fingerprint density at radius 3 is 2.30 bits per heavy atom. The van der Waals surface area contributed by atoms with Crippen LogP contribution in [0.15, 0.2) is 97.1 Å². The first-order valence-corrected chi connectivity index (χ1v) is 19.5. The molecule has 2 amide bonds. The Balaban J connectivity index is 1.09. The lowest BCUT2D eigenvalue weighted by Crippen LogP contribution is -2.45. The minimum absolute atomic E-state index is 0.0325. The number of hydrogen-bond acceptors (Lipinski definition) is 9. The van der Waals surface area contributed by atoms with Crippen LogP contribution in [0.5, 0.6) is 0 Å². The highest BCUT2D eigenvalue weighted by Gasteiger charge is 2.39. The van der Waals surface area contributed by atoms with Crippen LogP contribution in [0.25, 0.3) is 11.1 Å². The second kappa shape index (κ2) is 18.7. The smallest absolute Gasteiger partial charge is 0.323 e. The maximum absolute atomic E-state index is 13.1. The molecular formula is C45H54N4O7. The maximum Gasteiger partial charge on any atom is 0.323 e. The molecule has 0 spiro atoms. The van der Waals surface area contributed by atoms with E-state index in [4.69, 9.17) is 19.9 Å². The molecule has 0 aromatic heterocycles. The van der Waals surface area contributed by atoms with Gasteiger partial charge in [-0.1, -0.05) is 84.9 Å². The summed E-state index contributed by atoms with van der Waals surface area (Å²) < 4.78 is 19.0. The number of ether oxygens (including phenoxy) is 3. The number of nitrogens with zero attached hydrogens (tertiary/aromatic N) is 1. The minimum Gasteiger partial charge on any atom is -0.459 e. The third-order valence-electron chi connectivity index (χ3n) is 10.1. The summed E-state index contributed by atoms with van der Waals surface area (Å²) in [6.07, 6.45) is 2.02. The number of hydrogen-bond donors (Lipinski definition) is 4. The zero-order chi connectivity index (χ0) is 39.7. The zero-order valence-corrected chi connectivity index (χ0v) is 32.5. The molecule has 4 aromatic rings. The van der Waals surface area contributed by atoms with Gasteiger partial charge in [0.05, 0.1) is 30.2 Å². The number of anilines is 2. The number of nitrogens with two attached hydrogens (primary N) is 1. The third kappa shape index (κ3) is 11.0. The number of likely N-dealkylation sites (tertiary alicyclic amines) is 1. The van der Waals surface area contributed by atoms with E-state index in [1.54, 1.807) is 24.3 Å². The van der Waals surface area contributed by atoms with E-state index < -0.39 is 11.9 Å². The number of carbonyl (C=O) groups excluding carboxylic acids is 3. The summed E-state index contributed by atoms with van der Waals surface area (Å²) in [6, 6.07) is 30.6. The Labute approximate surface area is 329 Å². The van der Waals surface area contributed by atoms with Gasteiger partial charge in [0.2, 0.25) is 11.8 Å². The van der Waals surface area contributed by atoms with Crippen molar-refractivity contribution in [3.63, 3.8) is 0 Å². The zero-order valence-electron chi connectivity index (χ0n) is 32.5. The van der Waals surface area contributed by atoms with Crippen LogP contribution in [-0.2, 0) is 41.7 Å². The standard InChI is InChI=1S/C45H54N4O7/c1-45(2,3)56-43(53)39-14-9-25-49(39)28-35-26-40(32-19-17-30(29-50)18-20-32)55-44(54-35)33-23-21-31(22-24-33)36-11-5-4-10-34(36)27-47-41(51)15-8-16-42(52)48-38-13-7-6-12-37(38)46/h4-7,10-13,17-24,35,39-40,44,50H,8-9,14-16,25-29,46H2,1-3H3,(H,47,51)(H,48,52)/t35-,39+,40+,44+/m1/s1. The lowest BCUT2D eigenvalue weighted by atomic mass is 9.97. The Kier molecular flexibility index (Phi) is 13.6. The predicted octanol–water partition coefficient (Wildman–Crippen LogP) is 7.20. The average Bonchev–Trinajstić information content (AvgIpc) is 3.66. The fourth-order valence-electron chi connectivity index (χ4n) is 7.27. The van der Waals surface area contributed by atoms with E-state index in [0.717, 1.165) is 52.8 Å². The van der Waals surface area contributed by atoms with Crippen molar-refractivity contribution in [1.82, 2.24) is 10.2 Å². The van der Waals surface area contributed by atoms with Crippen molar-refractivity contribution >= 4 is 29.2 Å². The molecule has 2 aliphatic rings. The Morgan fingerprint density at radius 1 is 0.875 bits per heavy atom. The van der Waals surface area contributed by atoms with Gasteiger partial charge in [0, 0.05) is 37.9 Å². The minimum atomic E-state index is -0.644. The molecule has 11 nitrogen and oxygen atoms in total. The van der Waals surface area contributed by atoms with Crippen molar-refractivity contribution in [2.24, 2.45) is 0 Å². The molecule has 0 aliphatic carbocycles. The van der Waals surface area contributed by atoms with Crippen molar-refractivity contribution in [3.05, 3.63) is 119 Å². The molecule has 0 unspecified atom stereocenters. The summed E-state index contributed by atoms with van der Waals surface area (Å²) >= 11 is 0. The summed E-state index contributed by atoms with van der Waals surface area (Å²) in [5.41, 5.74) is 12.1. The van der Waals surface area contributed by atoms with Crippen molar-refractivity contribution in [1.29, 1.82) is 0 Å². The molecule has 56 heavy (non-hydrogen) atoms. The van der Waals surface area contributed by atoms with E-state index in [9.17, 15) is 19.5 Å². The van der Waals surface area contributed by atoms with Crippen LogP contribution in [0.1, 0.15) is 93.9 Å². The number of aliphatic hydroxyl groups is 1. The molecule has 4 aromatic carbocycles. The number of aliphatic hydroxyl groups excluding tert-OH is 1. The van der Waals surface area contributed by atoms with Crippen LogP contribution < -0.4 is 16.4 Å². The molecule has 6 rings (SSSR count). The van der Waals surface area contributed by atoms with Crippen LogP contribution in [0.4, 0.5) is 11.4 Å². The lowest BCUT2D eigenvalue weighted by molar-refractivity contribution is -0.253. The maximum atomic E-state index is 13.1. The van der Waals surface area contributed by atoms with Crippen molar-refractivity contribution in [3.8, 4) is 11.1 Å². The fraction of sp³-hybridized carbons (Fsp3) is 0.400. The van der Waals surface area contributed by atoms with Gasteiger partial charge in [0.15, 0.2) is 6.29 Å². The first-order chi connectivity index (χ1) is 27.0. The summed E-state index contributed by atoms with van der Waals surface area (Å²) in [6.45, 7) is 7.35. The average molecular weight is 763 g/mol. The van der Waals surface area contributed by atoms with Gasteiger partial charge in [-0.2, -0.15) is 0 Å². The Hall–Kier alpha value is -5.07. The van der Waals surface area contributed by atoms with Crippen LogP contribution >= 0.6 is 0 Å². The Bertz CT molecular complexity index is 1940. The molecule has 0 radical (unpaired) electrons. The highest BCUT2D eigenvalue weighted by Crippen LogP contribution is 2.39. The largest absolute Gasteiger partial charge is 0.459 e. The highest BCUT2D eigenvalue weighted by molar-refractivity contribution is 5.94. The van der Waals surface area contributed by atoms with Gasteiger partial charge in [-0.3, -0.25) is 19.3 Å². The first kappa shape index (κ1) is 40.6. The van der Waals surface area contributed by atoms with Gasteiger partial charge in [-0.15, -0.1) is 0 Å². The number of rotatable bonds is 14. The number of para-hydroxylation sites is 2. The van der Waals surface area contributed by atoms with E-state index in [1.165, 1.54) is 0 Å². The molecule has 11 heteroatoms. The molecule has 2 heterocycles. The molecular weight excluding hydrogens is 709 g/mol. The Morgan fingerprint density at radius 2 is 1.57 bits per heavy atom.